The van der Waals surface area contributed by atoms with E-state index in [2.05, 4.69) is 4.98 Å². The second-order valence-electron chi connectivity index (χ2n) is 11.5. The van der Waals surface area contributed by atoms with Gasteiger partial charge in [-0.3, -0.25) is 14.7 Å². The number of halogens is 4. The number of aromatic nitrogens is 1. The van der Waals surface area contributed by atoms with Crippen LogP contribution in [0, 0.1) is 17.2 Å². The fraction of sp³-hybridized carbons (Fsp3) is 0.586. The molecule has 3 fully saturated rings. The summed E-state index contributed by atoms with van der Waals surface area (Å²) < 4.78 is 61.4. The highest BCUT2D eigenvalue weighted by atomic mass is 19.4. The minimum Gasteiger partial charge on any atom is -0.492 e. The molecule has 2 aliphatic heterocycles. The minimum absolute atomic E-state index is 0.0953. The van der Waals surface area contributed by atoms with Crippen LogP contribution in [0.2, 0.25) is 0 Å². The van der Waals surface area contributed by atoms with Gasteiger partial charge in [0, 0.05) is 18.7 Å². The van der Waals surface area contributed by atoms with Crippen molar-refractivity contribution in [2.45, 2.75) is 63.4 Å². The van der Waals surface area contributed by atoms with E-state index in [1.165, 1.54) is 12.3 Å². The van der Waals surface area contributed by atoms with Crippen molar-refractivity contribution in [3.63, 3.8) is 0 Å². The Kier molecular flexibility index (Phi) is 8.35. The van der Waals surface area contributed by atoms with E-state index in [0.29, 0.717) is 56.1 Å². The molecule has 2 atom stereocenters. The van der Waals surface area contributed by atoms with Gasteiger partial charge in [0.25, 0.3) is 0 Å². The van der Waals surface area contributed by atoms with Crippen molar-refractivity contribution in [2.24, 2.45) is 17.1 Å². The number of rotatable bonds is 9. The molecule has 218 valence electrons. The van der Waals surface area contributed by atoms with Gasteiger partial charge >= 0.3 is 6.18 Å². The van der Waals surface area contributed by atoms with Crippen molar-refractivity contribution in [3.8, 4) is 17.0 Å². The summed E-state index contributed by atoms with van der Waals surface area (Å²) in [5.41, 5.74) is 4.92. The molecule has 1 amide bonds. The SMILES string of the molecule is NC(=O)[C@@H]1CCCN1C(O)c1ccc(-c2ccc(OCC3CCN(CC4(C(F)(F)F)CCC4)CC3)cn2)c(F)c1. The average molecular weight is 565 g/mol. The van der Waals surface area contributed by atoms with Crippen LogP contribution in [0.5, 0.6) is 5.75 Å². The summed E-state index contributed by atoms with van der Waals surface area (Å²) in [7, 11) is 0. The van der Waals surface area contributed by atoms with E-state index in [1.807, 2.05) is 4.90 Å². The van der Waals surface area contributed by atoms with Gasteiger partial charge in [-0.25, -0.2) is 4.39 Å². The Bertz CT molecular complexity index is 1180. The highest BCUT2D eigenvalue weighted by molar-refractivity contribution is 5.80. The molecule has 5 rings (SSSR count). The maximum Gasteiger partial charge on any atom is 0.395 e. The molecule has 2 aromatic rings. The Labute approximate surface area is 231 Å². The van der Waals surface area contributed by atoms with E-state index < -0.39 is 35.6 Å². The van der Waals surface area contributed by atoms with Gasteiger partial charge in [0.15, 0.2) is 0 Å². The molecule has 7 nitrogen and oxygen atoms in total. The first kappa shape index (κ1) is 28.8. The van der Waals surface area contributed by atoms with Crippen LogP contribution in [-0.4, -0.2) is 70.8 Å². The average Bonchev–Trinajstić information content (AvgIpc) is 3.40. The van der Waals surface area contributed by atoms with Crippen LogP contribution in [0.1, 0.15) is 56.7 Å². The Morgan fingerprint density at radius 2 is 1.88 bits per heavy atom. The molecule has 2 saturated heterocycles. The summed E-state index contributed by atoms with van der Waals surface area (Å²) in [6, 6.07) is 7.20. The number of pyridine rings is 1. The topological polar surface area (TPSA) is 91.9 Å². The molecule has 1 aromatic carbocycles. The highest BCUT2D eigenvalue weighted by Crippen LogP contribution is 2.53. The molecular weight excluding hydrogens is 528 g/mol. The van der Waals surface area contributed by atoms with Crippen molar-refractivity contribution in [2.75, 3.05) is 32.8 Å². The molecule has 11 heteroatoms. The van der Waals surface area contributed by atoms with E-state index >= 15 is 0 Å². The summed E-state index contributed by atoms with van der Waals surface area (Å²) in [5.74, 6) is -0.266. The lowest BCUT2D eigenvalue weighted by Crippen LogP contribution is -2.53. The zero-order chi connectivity index (χ0) is 28.5. The first-order valence-electron chi connectivity index (χ1n) is 14.0. The van der Waals surface area contributed by atoms with Gasteiger partial charge in [-0.15, -0.1) is 0 Å². The quantitative estimate of drug-likeness (QED) is 0.431. The first-order chi connectivity index (χ1) is 19.1. The molecule has 1 aliphatic carbocycles. The minimum atomic E-state index is -4.14. The van der Waals surface area contributed by atoms with Crippen molar-refractivity contribution in [3.05, 3.63) is 47.9 Å². The van der Waals surface area contributed by atoms with Crippen molar-refractivity contribution in [1.82, 2.24) is 14.8 Å². The van der Waals surface area contributed by atoms with Gasteiger partial charge in [-0.05, 0) is 87.4 Å². The third-order valence-corrected chi connectivity index (χ3v) is 8.87. The van der Waals surface area contributed by atoms with Crippen LogP contribution < -0.4 is 10.5 Å². The predicted octanol–water partition coefficient (Wildman–Crippen LogP) is 4.65. The van der Waals surface area contributed by atoms with Crippen molar-refractivity contribution in [1.29, 1.82) is 0 Å². The lowest BCUT2D eigenvalue weighted by Gasteiger charge is -2.47. The van der Waals surface area contributed by atoms with Crippen molar-refractivity contribution >= 4 is 5.91 Å². The molecule has 3 aliphatic rings. The van der Waals surface area contributed by atoms with Gasteiger partial charge in [-0.1, -0.05) is 12.5 Å². The maximum atomic E-state index is 15.0. The number of alkyl halides is 3. The second-order valence-corrected chi connectivity index (χ2v) is 11.5. The summed E-state index contributed by atoms with van der Waals surface area (Å²) >= 11 is 0. The molecule has 0 bridgehead atoms. The molecule has 1 aromatic heterocycles. The predicted molar refractivity (Wildman–Crippen MR) is 141 cm³/mol. The zero-order valence-electron chi connectivity index (χ0n) is 22.4. The molecule has 3 N–H and O–H groups in total. The number of hydrogen-bond donors (Lipinski definition) is 2. The number of carbonyl (C=O) groups excluding carboxylic acids is 1. The van der Waals surface area contributed by atoms with Gasteiger partial charge in [0.1, 0.15) is 17.8 Å². The number of hydrogen-bond acceptors (Lipinski definition) is 6. The fourth-order valence-electron chi connectivity index (χ4n) is 6.19. The smallest absolute Gasteiger partial charge is 0.395 e. The number of ether oxygens (including phenoxy) is 1. The molecule has 0 spiro atoms. The number of aliphatic hydroxyl groups is 1. The van der Waals surface area contributed by atoms with Crippen LogP contribution in [0.4, 0.5) is 17.6 Å². The van der Waals surface area contributed by atoms with Gasteiger partial charge < -0.3 is 20.5 Å². The zero-order valence-corrected chi connectivity index (χ0v) is 22.4. The van der Waals surface area contributed by atoms with Gasteiger partial charge in [0.05, 0.1) is 30.0 Å². The normalized spacial score (nSPS) is 23.1. The van der Waals surface area contributed by atoms with Gasteiger partial charge in [-0.2, -0.15) is 13.2 Å². The molecule has 3 heterocycles. The van der Waals surface area contributed by atoms with E-state index in [-0.39, 0.29) is 30.9 Å². The van der Waals surface area contributed by atoms with Gasteiger partial charge in [0.2, 0.25) is 5.91 Å². The Morgan fingerprint density at radius 3 is 2.45 bits per heavy atom. The molecule has 1 saturated carbocycles. The molecule has 1 unspecified atom stereocenters. The summed E-state index contributed by atoms with van der Waals surface area (Å²) in [6.45, 7) is 2.31. The number of likely N-dealkylation sites (tertiary alicyclic amines) is 2. The van der Waals surface area contributed by atoms with Crippen LogP contribution in [0.25, 0.3) is 11.3 Å². The van der Waals surface area contributed by atoms with Crippen LogP contribution in [0.15, 0.2) is 36.5 Å². The third-order valence-electron chi connectivity index (χ3n) is 8.87. The number of aliphatic hydroxyl groups excluding tert-OH is 1. The monoisotopic (exact) mass is 564 g/mol. The standard InChI is InChI=1S/C29H36F4N4O3/c30-23-15-20(27(39)37-12-1-3-25(37)26(34)38)4-6-22(23)24-7-5-21(16-35-24)40-17-19-8-13-36(14-9-19)18-28(10-2-11-28)29(31,32)33/h4-7,15-16,19,25,27,39H,1-3,8-14,17-18H2,(H2,34,38)/t25-,27?/m0/s1. The summed E-state index contributed by atoms with van der Waals surface area (Å²) in [4.78, 5) is 19.5. The molecule has 40 heavy (non-hydrogen) atoms. The lowest BCUT2D eigenvalue weighted by atomic mass is 9.67. The number of piperidine rings is 1. The Morgan fingerprint density at radius 1 is 1.12 bits per heavy atom. The van der Waals surface area contributed by atoms with Crippen LogP contribution in [-0.2, 0) is 4.79 Å². The maximum absolute atomic E-state index is 15.0. The Hall–Kier alpha value is -2.76. The van der Waals surface area contributed by atoms with E-state index in [0.717, 1.165) is 19.3 Å². The number of primary amides is 1. The highest BCUT2D eigenvalue weighted by Gasteiger charge is 2.58. The summed E-state index contributed by atoms with van der Waals surface area (Å²) in [6.07, 6.45) is 0.207. The fourth-order valence-corrected chi connectivity index (χ4v) is 6.19. The summed E-state index contributed by atoms with van der Waals surface area (Å²) in [5, 5.41) is 10.7. The number of benzene rings is 1. The largest absolute Gasteiger partial charge is 0.492 e. The number of amides is 1. The molecule has 0 radical (unpaired) electrons. The second kappa shape index (κ2) is 11.6. The van der Waals surface area contributed by atoms with E-state index in [9.17, 15) is 27.5 Å². The third kappa shape index (κ3) is 5.96. The van der Waals surface area contributed by atoms with Crippen LogP contribution in [0.3, 0.4) is 0 Å². The number of nitrogens with zero attached hydrogens (tertiary/aromatic N) is 3. The Balaban J connectivity index is 1.12. The molecular formula is C29H36F4N4O3. The van der Waals surface area contributed by atoms with Crippen molar-refractivity contribution < 1.29 is 32.2 Å². The number of nitrogens with two attached hydrogens (primary N) is 1. The van der Waals surface area contributed by atoms with E-state index in [1.54, 1.807) is 29.2 Å². The lowest BCUT2D eigenvalue weighted by molar-refractivity contribution is -0.256. The van der Waals surface area contributed by atoms with E-state index in [4.69, 9.17) is 10.5 Å². The first-order valence-corrected chi connectivity index (χ1v) is 14.0. The number of carbonyl (C=O) groups is 1. The van der Waals surface area contributed by atoms with Crippen LogP contribution >= 0.6 is 0 Å².